The van der Waals surface area contributed by atoms with Crippen LogP contribution >= 0.6 is 11.6 Å². The van der Waals surface area contributed by atoms with E-state index in [2.05, 4.69) is 27.0 Å². The largest absolute Gasteiger partial charge is 0.330 e. The Morgan fingerprint density at radius 1 is 1.30 bits per heavy atom. The summed E-state index contributed by atoms with van der Waals surface area (Å²) in [6, 6.07) is 9.59. The third-order valence-corrected chi connectivity index (χ3v) is 6.12. The third kappa shape index (κ3) is 4.65. The number of aromatic nitrogens is 3. The van der Waals surface area contributed by atoms with Crippen molar-refractivity contribution < 1.29 is 4.79 Å². The number of fused-ring (bicyclic) bond motifs is 1. The highest BCUT2D eigenvalue weighted by Crippen LogP contribution is 2.25. The van der Waals surface area contributed by atoms with Crippen molar-refractivity contribution >= 4 is 28.4 Å². The van der Waals surface area contributed by atoms with Crippen molar-refractivity contribution in [2.75, 3.05) is 19.6 Å². The number of halogens is 1. The van der Waals surface area contributed by atoms with Gasteiger partial charge >= 0.3 is 0 Å². The highest BCUT2D eigenvalue weighted by Gasteiger charge is 2.30. The minimum atomic E-state index is -0.0422. The number of H-pyrrole nitrogens is 1. The quantitative estimate of drug-likeness (QED) is 0.604. The number of pyridine rings is 1. The molecule has 1 aliphatic rings. The number of likely N-dealkylation sites (tertiary alicyclic amines) is 1. The summed E-state index contributed by atoms with van der Waals surface area (Å²) >= 11 is 6.09. The number of benzene rings is 1. The van der Waals surface area contributed by atoms with Gasteiger partial charge in [-0.1, -0.05) is 31.0 Å². The Balaban J connectivity index is 1.57. The molecule has 3 heterocycles. The van der Waals surface area contributed by atoms with Gasteiger partial charge in [0.05, 0.1) is 5.52 Å². The van der Waals surface area contributed by atoms with Crippen molar-refractivity contribution in [3.63, 3.8) is 0 Å². The van der Waals surface area contributed by atoms with Crippen molar-refractivity contribution in [2.24, 2.45) is 0 Å². The summed E-state index contributed by atoms with van der Waals surface area (Å²) in [5.41, 5.74) is 2.27. The number of unbranched alkanes of at least 4 members (excludes halogenated alkanes) is 1. The summed E-state index contributed by atoms with van der Waals surface area (Å²) in [4.78, 5) is 22.4. The zero-order valence-corrected chi connectivity index (χ0v) is 18.1. The third-order valence-electron chi connectivity index (χ3n) is 5.89. The van der Waals surface area contributed by atoms with Crippen molar-refractivity contribution in [3.8, 4) is 0 Å². The highest BCUT2D eigenvalue weighted by molar-refractivity contribution is 6.31. The molecule has 1 N–H and O–H groups in total. The first-order valence-corrected chi connectivity index (χ1v) is 11.1. The molecule has 0 saturated carbocycles. The van der Waals surface area contributed by atoms with E-state index in [1.807, 2.05) is 29.3 Å². The number of carbonyl (C=O) groups excluding carboxylic acids is 1. The Morgan fingerprint density at radius 3 is 2.87 bits per heavy atom. The van der Waals surface area contributed by atoms with Gasteiger partial charge < -0.3 is 9.80 Å². The maximum absolute atomic E-state index is 13.6. The van der Waals surface area contributed by atoms with Gasteiger partial charge in [-0.05, 0) is 55.6 Å². The van der Waals surface area contributed by atoms with Crippen LogP contribution in [-0.2, 0) is 6.54 Å². The molecular formula is C23H28ClN5O. The molecule has 4 rings (SSSR count). The molecule has 158 valence electrons. The second-order valence-corrected chi connectivity index (χ2v) is 8.42. The van der Waals surface area contributed by atoms with E-state index < -0.39 is 0 Å². The van der Waals surface area contributed by atoms with Crippen LogP contribution in [0.15, 0.2) is 42.7 Å². The van der Waals surface area contributed by atoms with Crippen LogP contribution in [0.25, 0.3) is 10.9 Å². The summed E-state index contributed by atoms with van der Waals surface area (Å²) in [7, 11) is 0. The number of piperidine rings is 1. The van der Waals surface area contributed by atoms with E-state index >= 15 is 0 Å². The topological polar surface area (TPSA) is 65.1 Å². The van der Waals surface area contributed by atoms with Crippen LogP contribution in [0, 0.1) is 0 Å². The normalized spacial score (nSPS) is 15.5. The molecule has 30 heavy (non-hydrogen) atoms. The summed E-state index contributed by atoms with van der Waals surface area (Å²) in [5.74, 6) is -0.0422. The predicted molar refractivity (Wildman–Crippen MR) is 120 cm³/mol. The van der Waals surface area contributed by atoms with E-state index in [9.17, 15) is 4.79 Å². The van der Waals surface area contributed by atoms with E-state index in [4.69, 9.17) is 11.6 Å². The van der Waals surface area contributed by atoms with Gasteiger partial charge in [-0.25, -0.2) is 0 Å². The molecule has 0 radical (unpaired) electrons. The highest BCUT2D eigenvalue weighted by atomic mass is 35.5. The van der Waals surface area contributed by atoms with Crippen LogP contribution in [0.1, 0.15) is 48.7 Å². The zero-order valence-electron chi connectivity index (χ0n) is 17.4. The molecule has 6 nitrogen and oxygen atoms in total. The molecule has 1 aromatic carbocycles. The fraction of sp³-hybridized carbons (Fsp3) is 0.435. The first-order chi connectivity index (χ1) is 14.7. The Bertz CT molecular complexity index is 982. The standard InChI is InChI=1S/C23H28ClN5O/c1-2-3-11-28-12-8-19(9-13-28)29(16-17-5-4-10-25-15-17)23(30)22-20-7-6-18(24)14-21(20)26-27-22/h4-7,10,14-15,19H,2-3,8-9,11-13,16H2,1H3,(H,26,27). The molecule has 1 amide bonds. The van der Waals surface area contributed by atoms with Crippen LogP contribution in [0.4, 0.5) is 0 Å². The zero-order chi connectivity index (χ0) is 20.9. The average Bonchev–Trinajstić information content (AvgIpc) is 3.20. The summed E-state index contributed by atoms with van der Waals surface area (Å²) in [5, 5.41) is 8.74. The molecular weight excluding hydrogens is 398 g/mol. The van der Waals surface area contributed by atoms with Gasteiger partial charge in [0.2, 0.25) is 0 Å². The van der Waals surface area contributed by atoms with Crippen molar-refractivity contribution in [1.82, 2.24) is 25.0 Å². The van der Waals surface area contributed by atoms with Crippen molar-refractivity contribution in [2.45, 2.75) is 45.2 Å². The predicted octanol–water partition coefficient (Wildman–Crippen LogP) is 4.52. The Hall–Kier alpha value is -2.44. The minimum Gasteiger partial charge on any atom is -0.330 e. The number of hydrogen-bond donors (Lipinski definition) is 1. The van der Waals surface area contributed by atoms with Gasteiger partial charge in [-0.2, -0.15) is 5.10 Å². The smallest absolute Gasteiger partial charge is 0.275 e. The number of aromatic amines is 1. The molecule has 0 bridgehead atoms. The Kier molecular flexibility index (Phi) is 6.65. The average molecular weight is 426 g/mol. The molecule has 3 aromatic rings. The number of carbonyl (C=O) groups is 1. The van der Waals surface area contributed by atoms with E-state index in [0.29, 0.717) is 17.3 Å². The van der Waals surface area contributed by atoms with E-state index in [-0.39, 0.29) is 11.9 Å². The van der Waals surface area contributed by atoms with Crippen molar-refractivity contribution in [1.29, 1.82) is 0 Å². The van der Waals surface area contributed by atoms with Gasteiger partial charge in [-0.3, -0.25) is 14.9 Å². The second kappa shape index (κ2) is 9.58. The molecule has 1 saturated heterocycles. The lowest BCUT2D eigenvalue weighted by atomic mass is 10.0. The number of rotatable bonds is 7. The Labute approximate surface area is 182 Å². The minimum absolute atomic E-state index is 0.0422. The van der Waals surface area contributed by atoms with Gasteiger partial charge in [0, 0.05) is 48.5 Å². The maximum atomic E-state index is 13.6. The van der Waals surface area contributed by atoms with E-state index in [0.717, 1.165) is 48.9 Å². The van der Waals surface area contributed by atoms with Gasteiger partial charge in [0.15, 0.2) is 5.69 Å². The molecule has 7 heteroatoms. The fourth-order valence-corrected chi connectivity index (χ4v) is 4.35. The number of amides is 1. The first-order valence-electron chi connectivity index (χ1n) is 10.7. The molecule has 0 unspecified atom stereocenters. The maximum Gasteiger partial charge on any atom is 0.275 e. The van der Waals surface area contributed by atoms with Gasteiger partial charge in [0.25, 0.3) is 5.91 Å². The van der Waals surface area contributed by atoms with E-state index in [1.165, 1.54) is 12.8 Å². The summed E-state index contributed by atoms with van der Waals surface area (Å²) < 4.78 is 0. The van der Waals surface area contributed by atoms with Crippen LogP contribution < -0.4 is 0 Å². The lowest BCUT2D eigenvalue weighted by molar-refractivity contribution is 0.0544. The second-order valence-electron chi connectivity index (χ2n) is 7.98. The van der Waals surface area contributed by atoms with Gasteiger partial charge in [0.1, 0.15) is 0 Å². The molecule has 1 aliphatic heterocycles. The molecule has 0 aliphatic carbocycles. The number of nitrogens with zero attached hydrogens (tertiary/aromatic N) is 4. The lowest BCUT2D eigenvalue weighted by Crippen LogP contribution is -2.47. The molecule has 0 atom stereocenters. The van der Waals surface area contributed by atoms with Crippen LogP contribution in [-0.4, -0.2) is 56.6 Å². The summed E-state index contributed by atoms with van der Waals surface area (Å²) in [6.45, 7) is 5.96. The molecule has 2 aromatic heterocycles. The number of hydrogen-bond acceptors (Lipinski definition) is 4. The summed E-state index contributed by atoms with van der Waals surface area (Å²) in [6.07, 6.45) is 7.98. The monoisotopic (exact) mass is 425 g/mol. The van der Waals surface area contributed by atoms with Crippen molar-refractivity contribution in [3.05, 3.63) is 59.0 Å². The van der Waals surface area contributed by atoms with E-state index in [1.54, 1.807) is 18.3 Å². The molecule has 1 fully saturated rings. The number of nitrogens with one attached hydrogen (secondary N) is 1. The SMILES string of the molecule is CCCCN1CCC(N(Cc2cccnc2)C(=O)c2n[nH]c3cc(Cl)ccc23)CC1. The lowest BCUT2D eigenvalue weighted by Gasteiger charge is -2.38. The van der Waals surface area contributed by atoms with Gasteiger partial charge in [-0.15, -0.1) is 0 Å². The van der Waals surface area contributed by atoms with Crippen LogP contribution in [0.2, 0.25) is 5.02 Å². The fourth-order valence-electron chi connectivity index (χ4n) is 4.18. The first kappa shape index (κ1) is 20.8. The molecule has 0 spiro atoms. The Morgan fingerprint density at radius 2 is 2.13 bits per heavy atom. The van der Waals surface area contributed by atoms with Crippen LogP contribution in [0.5, 0.6) is 0 Å². The van der Waals surface area contributed by atoms with Crippen LogP contribution in [0.3, 0.4) is 0 Å².